The lowest BCUT2D eigenvalue weighted by atomic mass is 9.99. The van der Waals surface area contributed by atoms with Crippen LogP contribution in [0.2, 0.25) is 0 Å². The molecule has 2 aliphatic rings. The molecule has 2 fully saturated rings. The lowest BCUT2D eigenvalue weighted by molar-refractivity contribution is 0.0730. The Hall–Kier alpha value is -2.34. The van der Waals surface area contributed by atoms with Gasteiger partial charge >= 0.3 is 11.8 Å². The van der Waals surface area contributed by atoms with E-state index in [2.05, 4.69) is 27.3 Å². The van der Waals surface area contributed by atoms with E-state index < -0.39 is 15.9 Å². The van der Waals surface area contributed by atoms with Crippen LogP contribution in [0.25, 0.3) is 11.5 Å². The molecule has 0 spiro atoms. The monoisotopic (exact) mass is 477 g/mol. The highest BCUT2D eigenvalue weighted by molar-refractivity contribution is 7.89. The number of likely N-dealkylation sites (tertiary alicyclic amines) is 1. The number of aromatic nitrogens is 2. The molecule has 2 saturated heterocycles. The van der Waals surface area contributed by atoms with E-state index in [0.717, 1.165) is 32.0 Å². The fourth-order valence-corrected chi connectivity index (χ4v) is 5.41. The van der Waals surface area contributed by atoms with Crippen LogP contribution in [0.3, 0.4) is 0 Å². The Morgan fingerprint density at radius 1 is 1.09 bits per heavy atom. The minimum absolute atomic E-state index is 0.109. The molecule has 3 heterocycles. The summed E-state index contributed by atoms with van der Waals surface area (Å²) in [6, 6.07) is 6.21. The van der Waals surface area contributed by atoms with Crippen molar-refractivity contribution in [2.24, 2.45) is 5.92 Å². The third-order valence-electron chi connectivity index (χ3n) is 6.14. The summed E-state index contributed by atoms with van der Waals surface area (Å²) in [6.45, 7) is 7.48. The zero-order valence-electron chi connectivity index (χ0n) is 18.9. The minimum atomic E-state index is -3.57. The largest absolute Gasteiger partial charge is 0.412 e. The summed E-state index contributed by atoms with van der Waals surface area (Å²) in [6.07, 6.45) is 3.33. The highest BCUT2D eigenvalue weighted by Gasteiger charge is 2.26. The van der Waals surface area contributed by atoms with Crippen LogP contribution < -0.4 is 5.32 Å². The van der Waals surface area contributed by atoms with E-state index in [1.165, 1.54) is 29.3 Å². The lowest BCUT2D eigenvalue weighted by Crippen LogP contribution is -2.40. The zero-order valence-corrected chi connectivity index (χ0v) is 19.7. The summed E-state index contributed by atoms with van der Waals surface area (Å²) < 4.78 is 37.6. The van der Waals surface area contributed by atoms with Crippen molar-refractivity contribution in [3.63, 3.8) is 0 Å². The molecule has 0 unspecified atom stereocenters. The van der Waals surface area contributed by atoms with Gasteiger partial charge in [0, 0.05) is 25.2 Å². The van der Waals surface area contributed by atoms with Crippen LogP contribution >= 0.6 is 0 Å². The number of rotatable bonds is 8. The summed E-state index contributed by atoms with van der Waals surface area (Å²) in [7, 11) is -3.57. The molecule has 33 heavy (non-hydrogen) atoms. The van der Waals surface area contributed by atoms with Gasteiger partial charge in [0.05, 0.1) is 18.1 Å². The third kappa shape index (κ3) is 5.97. The maximum Gasteiger partial charge on any atom is 0.308 e. The average molecular weight is 478 g/mol. The van der Waals surface area contributed by atoms with E-state index in [-0.39, 0.29) is 16.7 Å². The zero-order chi connectivity index (χ0) is 23.3. The molecule has 2 aliphatic heterocycles. The number of hydrogen-bond donors (Lipinski definition) is 1. The minimum Gasteiger partial charge on any atom is -0.412 e. The Morgan fingerprint density at radius 2 is 1.79 bits per heavy atom. The second-order valence-electron chi connectivity index (χ2n) is 8.59. The number of ether oxygens (including phenoxy) is 1. The van der Waals surface area contributed by atoms with Gasteiger partial charge in [0.25, 0.3) is 0 Å². The molecule has 1 N–H and O–H groups in total. The number of hydrogen-bond acceptors (Lipinski definition) is 8. The molecule has 4 rings (SSSR count). The van der Waals surface area contributed by atoms with Crippen molar-refractivity contribution in [1.29, 1.82) is 0 Å². The highest BCUT2D eigenvalue weighted by Crippen LogP contribution is 2.23. The lowest BCUT2D eigenvalue weighted by Gasteiger charge is -2.30. The average Bonchev–Trinajstić information content (AvgIpc) is 3.34. The third-order valence-corrected chi connectivity index (χ3v) is 8.05. The molecule has 0 radical (unpaired) electrons. The first kappa shape index (κ1) is 23.8. The molecule has 1 aromatic heterocycles. The molecule has 0 saturated carbocycles. The topological polar surface area (TPSA) is 118 Å². The van der Waals surface area contributed by atoms with Crippen LogP contribution in [0.1, 0.15) is 36.9 Å². The van der Waals surface area contributed by atoms with Crippen LogP contribution in [0, 0.1) is 5.92 Å². The first-order valence-corrected chi connectivity index (χ1v) is 12.9. The number of nitrogens with one attached hydrogen (secondary N) is 1. The quantitative estimate of drug-likeness (QED) is 0.570. The summed E-state index contributed by atoms with van der Waals surface area (Å²) in [5.41, 5.74) is 0.543. The standard InChI is InChI=1S/C22H31N5O5S/c1-17-7-11-26(12-8-17)10-2-9-23-20(28)22-25-24-21(32-22)18-3-5-19(6-4-18)33(29,30)27-13-15-31-16-14-27/h3-6,17H,2,7-16H2,1H3,(H,23,28). The molecule has 0 atom stereocenters. The number of morpholine rings is 1. The maximum absolute atomic E-state index is 12.7. The van der Waals surface area contributed by atoms with Gasteiger partial charge in [0.2, 0.25) is 15.9 Å². The number of amides is 1. The van der Waals surface area contributed by atoms with Gasteiger partial charge in [-0.3, -0.25) is 4.79 Å². The number of piperidine rings is 1. The fourth-order valence-electron chi connectivity index (χ4n) is 4.00. The SMILES string of the molecule is CC1CCN(CCCNC(=O)c2nnc(-c3ccc(S(=O)(=O)N4CCOCC4)cc3)o2)CC1. The molecule has 0 aliphatic carbocycles. The van der Waals surface area contributed by atoms with Crippen molar-refractivity contribution in [3.8, 4) is 11.5 Å². The summed E-state index contributed by atoms with van der Waals surface area (Å²) in [5, 5.41) is 10.6. The fraction of sp³-hybridized carbons (Fsp3) is 0.591. The van der Waals surface area contributed by atoms with Crippen LogP contribution in [-0.2, 0) is 14.8 Å². The summed E-state index contributed by atoms with van der Waals surface area (Å²) >= 11 is 0. The van der Waals surface area contributed by atoms with Gasteiger partial charge in [-0.25, -0.2) is 8.42 Å². The van der Waals surface area contributed by atoms with Crippen LogP contribution in [0.15, 0.2) is 33.6 Å². The van der Waals surface area contributed by atoms with E-state index in [1.54, 1.807) is 12.1 Å². The van der Waals surface area contributed by atoms with Crippen molar-refractivity contribution in [1.82, 2.24) is 24.7 Å². The second-order valence-corrected chi connectivity index (χ2v) is 10.5. The molecule has 2 aromatic rings. The predicted octanol–water partition coefficient (Wildman–Crippen LogP) is 1.61. The number of sulfonamides is 1. The van der Waals surface area contributed by atoms with Crippen LogP contribution in [0.5, 0.6) is 0 Å². The first-order valence-electron chi connectivity index (χ1n) is 11.5. The Bertz CT molecular complexity index is 1030. The van der Waals surface area contributed by atoms with E-state index in [4.69, 9.17) is 9.15 Å². The normalized spacial score (nSPS) is 18.9. The van der Waals surface area contributed by atoms with Gasteiger partial charge in [0.1, 0.15) is 0 Å². The molecule has 1 aromatic carbocycles. The molecule has 180 valence electrons. The number of benzene rings is 1. The molecule has 0 bridgehead atoms. The highest BCUT2D eigenvalue weighted by atomic mass is 32.2. The van der Waals surface area contributed by atoms with Gasteiger partial charge in [-0.1, -0.05) is 6.92 Å². The molecular formula is C22H31N5O5S. The van der Waals surface area contributed by atoms with E-state index in [0.29, 0.717) is 38.4 Å². The van der Waals surface area contributed by atoms with Crippen LogP contribution in [0.4, 0.5) is 0 Å². The summed E-state index contributed by atoms with van der Waals surface area (Å²) in [5.74, 6) is 0.449. The first-order chi connectivity index (χ1) is 15.9. The Morgan fingerprint density at radius 3 is 2.48 bits per heavy atom. The van der Waals surface area contributed by atoms with Gasteiger partial charge in [-0.2, -0.15) is 4.31 Å². The number of carbonyl (C=O) groups is 1. The second kappa shape index (κ2) is 10.7. The van der Waals surface area contributed by atoms with Crippen molar-refractivity contribution in [2.75, 3.05) is 52.5 Å². The van der Waals surface area contributed by atoms with Crippen molar-refractivity contribution < 1.29 is 22.4 Å². The van der Waals surface area contributed by atoms with Crippen molar-refractivity contribution >= 4 is 15.9 Å². The Labute approximate surface area is 194 Å². The van der Waals surface area contributed by atoms with E-state index >= 15 is 0 Å². The van der Waals surface area contributed by atoms with E-state index in [9.17, 15) is 13.2 Å². The maximum atomic E-state index is 12.7. The van der Waals surface area contributed by atoms with E-state index in [1.807, 2.05) is 0 Å². The van der Waals surface area contributed by atoms with Crippen molar-refractivity contribution in [2.45, 2.75) is 31.1 Å². The van der Waals surface area contributed by atoms with Crippen LogP contribution in [-0.4, -0.2) is 86.2 Å². The number of nitrogens with zero attached hydrogens (tertiary/aromatic N) is 4. The molecule has 10 nitrogen and oxygen atoms in total. The molecule has 1 amide bonds. The summed E-state index contributed by atoms with van der Waals surface area (Å²) in [4.78, 5) is 14.9. The Balaban J connectivity index is 1.29. The van der Waals surface area contributed by atoms with Gasteiger partial charge < -0.3 is 19.4 Å². The van der Waals surface area contributed by atoms with Gasteiger partial charge in [0.15, 0.2) is 0 Å². The predicted molar refractivity (Wildman–Crippen MR) is 121 cm³/mol. The molecular weight excluding hydrogens is 446 g/mol. The molecule has 11 heteroatoms. The smallest absolute Gasteiger partial charge is 0.308 e. The van der Waals surface area contributed by atoms with Gasteiger partial charge in [-0.15, -0.1) is 10.2 Å². The van der Waals surface area contributed by atoms with Gasteiger partial charge in [-0.05, 0) is 69.1 Å². The number of carbonyl (C=O) groups excluding carboxylic acids is 1. The van der Waals surface area contributed by atoms with Crippen molar-refractivity contribution in [3.05, 3.63) is 30.2 Å². The Kier molecular flexibility index (Phi) is 7.74.